The summed E-state index contributed by atoms with van der Waals surface area (Å²) in [7, 11) is 3.15. The van der Waals surface area contributed by atoms with Crippen LogP contribution >= 0.6 is 0 Å². The van der Waals surface area contributed by atoms with Crippen LogP contribution < -0.4 is 19.5 Å². The summed E-state index contributed by atoms with van der Waals surface area (Å²) in [4.78, 5) is 17.0. The lowest BCUT2D eigenvalue weighted by Gasteiger charge is -2.13. The molecule has 174 valence electrons. The van der Waals surface area contributed by atoms with Crippen molar-refractivity contribution < 1.29 is 23.4 Å². The quantitative estimate of drug-likeness (QED) is 0.304. The second-order valence-corrected chi connectivity index (χ2v) is 7.76. The molecule has 6 nitrogen and oxygen atoms in total. The summed E-state index contributed by atoms with van der Waals surface area (Å²) in [5.74, 6) is 1.30. The fourth-order valence-electron chi connectivity index (χ4n) is 3.93. The number of amides is 1. The van der Waals surface area contributed by atoms with Crippen LogP contribution in [-0.4, -0.2) is 25.1 Å². The monoisotopic (exact) mass is 468 g/mol. The van der Waals surface area contributed by atoms with Crippen molar-refractivity contribution in [3.63, 3.8) is 0 Å². The van der Waals surface area contributed by atoms with Crippen molar-refractivity contribution in [2.45, 2.75) is 0 Å². The zero-order chi connectivity index (χ0) is 24.4. The Morgan fingerprint density at radius 2 is 1.63 bits per heavy atom. The van der Waals surface area contributed by atoms with Gasteiger partial charge in [0.15, 0.2) is 11.5 Å². The van der Waals surface area contributed by atoms with Gasteiger partial charge in [0, 0.05) is 28.7 Å². The molecule has 1 amide bonds. The first-order valence-electron chi connectivity index (χ1n) is 10.8. The van der Waals surface area contributed by atoms with Crippen molar-refractivity contribution in [3.05, 3.63) is 96.4 Å². The summed E-state index contributed by atoms with van der Waals surface area (Å²) in [6.07, 6.45) is 1.67. The lowest BCUT2D eigenvalue weighted by Crippen LogP contribution is -2.13. The Morgan fingerprint density at radius 3 is 2.43 bits per heavy atom. The van der Waals surface area contributed by atoms with Gasteiger partial charge in [-0.3, -0.25) is 9.78 Å². The molecule has 0 spiro atoms. The Morgan fingerprint density at radius 1 is 0.829 bits per heavy atom. The number of nitrogens with one attached hydrogen (secondary N) is 1. The third kappa shape index (κ3) is 4.31. The summed E-state index contributed by atoms with van der Waals surface area (Å²) in [6.45, 7) is 0. The molecule has 4 aromatic carbocycles. The predicted octanol–water partition coefficient (Wildman–Crippen LogP) is 6.59. The standard InChI is InChI=1S/C28H21FN2O4/c1-33-26-15-21-24(16-27(26)34-2)30-13-12-25(21)35-18-10-11-19-17(14-18)6-5-9-23(19)31-28(32)20-7-3-4-8-22(20)29/h3-16H,1-2H3,(H,31,32). The fraction of sp³-hybridized carbons (Fsp3) is 0.0714. The highest BCUT2D eigenvalue weighted by Crippen LogP contribution is 2.37. The second-order valence-electron chi connectivity index (χ2n) is 7.76. The van der Waals surface area contributed by atoms with Gasteiger partial charge < -0.3 is 19.5 Å². The lowest BCUT2D eigenvalue weighted by atomic mass is 10.1. The van der Waals surface area contributed by atoms with Gasteiger partial charge in [-0.1, -0.05) is 24.3 Å². The van der Waals surface area contributed by atoms with Gasteiger partial charge in [-0.05, 0) is 53.9 Å². The SMILES string of the molecule is COc1cc2nccc(Oc3ccc4c(NC(=O)c5ccccc5F)cccc4c3)c2cc1OC. The van der Waals surface area contributed by atoms with E-state index in [4.69, 9.17) is 14.2 Å². The van der Waals surface area contributed by atoms with Crippen molar-refractivity contribution in [1.82, 2.24) is 4.98 Å². The van der Waals surface area contributed by atoms with Crippen LogP contribution in [0, 0.1) is 5.82 Å². The Bertz CT molecular complexity index is 1570. The van der Waals surface area contributed by atoms with Gasteiger partial charge in [0.25, 0.3) is 5.91 Å². The van der Waals surface area contributed by atoms with Gasteiger partial charge in [-0.25, -0.2) is 4.39 Å². The fourth-order valence-corrected chi connectivity index (χ4v) is 3.93. The zero-order valence-corrected chi connectivity index (χ0v) is 19.0. The third-order valence-electron chi connectivity index (χ3n) is 5.65. The average Bonchev–Trinajstić information content (AvgIpc) is 2.88. The minimum Gasteiger partial charge on any atom is -0.493 e. The highest BCUT2D eigenvalue weighted by atomic mass is 19.1. The van der Waals surface area contributed by atoms with E-state index in [1.807, 2.05) is 36.4 Å². The number of hydrogen-bond donors (Lipinski definition) is 1. The van der Waals surface area contributed by atoms with E-state index in [2.05, 4.69) is 10.3 Å². The molecule has 7 heteroatoms. The number of carbonyl (C=O) groups is 1. The highest BCUT2D eigenvalue weighted by molar-refractivity contribution is 6.09. The normalized spacial score (nSPS) is 10.8. The number of aromatic nitrogens is 1. The number of fused-ring (bicyclic) bond motifs is 2. The number of ether oxygens (including phenoxy) is 3. The molecule has 5 aromatic rings. The average molecular weight is 468 g/mol. The van der Waals surface area contributed by atoms with Crippen LogP contribution in [0.3, 0.4) is 0 Å². The number of methoxy groups -OCH3 is 2. The maximum atomic E-state index is 14.0. The molecule has 35 heavy (non-hydrogen) atoms. The van der Waals surface area contributed by atoms with Crippen molar-refractivity contribution in [2.75, 3.05) is 19.5 Å². The first-order valence-corrected chi connectivity index (χ1v) is 10.8. The Kier molecular flexibility index (Phi) is 5.89. The number of hydrogen-bond acceptors (Lipinski definition) is 5. The highest BCUT2D eigenvalue weighted by Gasteiger charge is 2.14. The van der Waals surface area contributed by atoms with Crippen LogP contribution in [0.5, 0.6) is 23.0 Å². The Balaban J connectivity index is 1.47. The zero-order valence-electron chi connectivity index (χ0n) is 19.0. The molecule has 0 fully saturated rings. The van der Waals surface area contributed by atoms with Crippen LogP contribution in [0.15, 0.2) is 85.1 Å². The molecular formula is C28H21FN2O4. The van der Waals surface area contributed by atoms with Gasteiger partial charge in [0.1, 0.15) is 17.3 Å². The van der Waals surface area contributed by atoms with Gasteiger partial charge in [-0.2, -0.15) is 0 Å². The molecule has 0 saturated heterocycles. The summed E-state index contributed by atoms with van der Waals surface area (Å²) >= 11 is 0. The molecule has 1 N–H and O–H groups in total. The first kappa shape index (κ1) is 22.2. The Hall–Kier alpha value is -4.65. The number of pyridine rings is 1. The van der Waals surface area contributed by atoms with Crippen LogP contribution in [0.2, 0.25) is 0 Å². The number of nitrogens with zero attached hydrogens (tertiary/aromatic N) is 1. The second kappa shape index (κ2) is 9.30. The summed E-state index contributed by atoms with van der Waals surface area (Å²) in [5, 5.41) is 5.23. The van der Waals surface area contributed by atoms with E-state index in [9.17, 15) is 9.18 Å². The van der Waals surface area contributed by atoms with E-state index < -0.39 is 11.7 Å². The van der Waals surface area contributed by atoms with Crippen LogP contribution in [0.1, 0.15) is 10.4 Å². The molecule has 1 aromatic heterocycles. The Labute approximate surface area is 200 Å². The summed E-state index contributed by atoms with van der Waals surface area (Å²) in [5.41, 5.74) is 1.27. The molecule has 0 aliphatic rings. The molecule has 1 heterocycles. The van der Waals surface area contributed by atoms with Crippen molar-refractivity contribution in [1.29, 1.82) is 0 Å². The summed E-state index contributed by atoms with van der Waals surface area (Å²) in [6, 6.07) is 22.3. The molecule has 0 radical (unpaired) electrons. The topological polar surface area (TPSA) is 69.7 Å². The smallest absolute Gasteiger partial charge is 0.258 e. The lowest BCUT2D eigenvalue weighted by molar-refractivity contribution is 0.102. The third-order valence-corrected chi connectivity index (χ3v) is 5.65. The van der Waals surface area contributed by atoms with E-state index >= 15 is 0 Å². The molecule has 0 aliphatic heterocycles. The van der Waals surface area contributed by atoms with Gasteiger partial charge in [0.05, 0.1) is 25.3 Å². The van der Waals surface area contributed by atoms with Crippen LogP contribution in [-0.2, 0) is 0 Å². The maximum Gasteiger partial charge on any atom is 0.258 e. The molecule has 0 bridgehead atoms. The molecular weight excluding hydrogens is 447 g/mol. The minimum atomic E-state index is -0.570. The van der Waals surface area contributed by atoms with E-state index in [0.717, 1.165) is 16.2 Å². The van der Waals surface area contributed by atoms with Crippen molar-refractivity contribution in [3.8, 4) is 23.0 Å². The number of carbonyl (C=O) groups excluding carboxylic acids is 1. The van der Waals surface area contributed by atoms with Gasteiger partial charge in [-0.15, -0.1) is 0 Å². The van der Waals surface area contributed by atoms with Gasteiger partial charge >= 0.3 is 0 Å². The van der Waals surface area contributed by atoms with Gasteiger partial charge in [0.2, 0.25) is 0 Å². The number of halogens is 1. The molecule has 5 rings (SSSR count). The molecule has 0 atom stereocenters. The van der Waals surface area contributed by atoms with E-state index in [-0.39, 0.29) is 5.56 Å². The largest absolute Gasteiger partial charge is 0.493 e. The minimum absolute atomic E-state index is 0.0129. The summed E-state index contributed by atoms with van der Waals surface area (Å²) < 4.78 is 31.0. The maximum absolute atomic E-state index is 14.0. The number of benzene rings is 4. The molecule has 0 unspecified atom stereocenters. The number of anilines is 1. The van der Waals surface area contributed by atoms with E-state index in [1.165, 1.54) is 12.1 Å². The molecule has 0 saturated carbocycles. The predicted molar refractivity (Wildman–Crippen MR) is 133 cm³/mol. The van der Waals surface area contributed by atoms with E-state index in [0.29, 0.717) is 34.2 Å². The first-order chi connectivity index (χ1) is 17.1. The van der Waals surface area contributed by atoms with Crippen LogP contribution in [0.4, 0.5) is 10.1 Å². The van der Waals surface area contributed by atoms with Crippen LogP contribution in [0.25, 0.3) is 21.7 Å². The molecule has 0 aliphatic carbocycles. The van der Waals surface area contributed by atoms with E-state index in [1.54, 1.807) is 50.7 Å². The number of rotatable bonds is 6. The van der Waals surface area contributed by atoms with Crippen molar-refractivity contribution >= 4 is 33.3 Å². The van der Waals surface area contributed by atoms with Crippen molar-refractivity contribution in [2.24, 2.45) is 0 Å².